The normalized spacial score (nSPS) is 23.9. The van der Waals surface area contributed by atoms with Crippen LogP contribution in [0.5, 0.6) is 0 Å². The lowest BCUT2D eigenvalue weighted by molar-refractivity contribution is 0.457. The second-order valence-electron chi connectivity index (χ2n) is 6.24. The molecule has 2 heteroatoms. The van der Waals surface area contributed by atoms with E-state index in [1.807, 2.05) is 0 Å². The second kappa shape index (κ2) is 5.31. The summed E-state index contributed by atoms with van der Waals surface area (Å²) in [5.41, 5.74) is 2.95. The van der Waals surface area contributed by atoms with E-state index in [1.165, 1.54) is 24.1 Å². The molecule has 0 amide bonds. The molecular weight excluding hydrogens is 220 g/mol. The highest BCUT2D eigenvalue weighted by atomic mass is 15.1. The Morgan fingerprint density at radius 1 is 1.33 bits per heavy atom. The molecule has 0 radical (unpaired) electrons. The van der Waals surface area contributed by atoms with Crippen LogP contribution in [0.1, 0.15) is 52.0 Å². The van der Waals surface area contributed by atoms with Crippen LogP contribution >= 0.6 is 0 Å². The van der Waals surface area contributed by atoms with Gasteiger partial charge < -0.3 is 10.6 Å². The van der Waals surface area contributed by atoms with Gasteiger partial charge in [-0.2, -0.15) is 0 Å². The Bertz CT molecular complexity index is 381. The van der Waals surface area contributed by atoms with Gasteiger partial charge >= 0.3 is 0 Å². The Balaban J connectivity index is 1.95. The molecule has 0 aromatic heterocycles. The van der Waals surface area contributed by atoms with Gasteiger partial charge in [-0.05, 0) is 50.3 Å². The van der Waals surface area contributed by atoms with Gasteiger partial charge in [0.25, 0.3) is 0 Å². The highest BCUT2D eigenvalue weighted by molar-refractivity contribution is 5.46. The second-order valence-corrected chi connectivity index (χ2v) is 6.24. The van der Waals surface area contributed by atoms with Crippen LogP contribution in [0, 0.1) is 0 Å². The molecule has 18 heavy (non-hydrogen) atoms. The van der Waals surface area contributed by atoms with E-state index in [9.17, 15) is 0 Å². The summed E-state index contributed by atoms with van der Waals surface area (Å²) in [4.78, 5) is 0. The lowest BCUT2D eigenvalue weighted by Crippen LogP contribution is -2.31. The van der Waals surface area contributed by atoms with Gasteiger partial charge in [-0.3, -0.25) is 0 Å². The van der Waals surface area contributed by atoms with Crippen LogP contribution in [0.4, 0.5) is 5.69 Å². The van der Waals surface area contributed by atoms with Crippen molar-refractivity contribution in [3.05, 3.63) is 29.8 Å². The molecular formula is C16H26N2. The molecule has 100 valence electrons. The highest BCUT2D eigenvalue weighted by Gasteiger charge is 2.29. The van der Waals surface area contributed by atoms with E-state index in [1.54, 1.807) is 0 Å². The van der Waals surface area contributed by atoms with Crippen LogP contribution in [0.25, 0.3) is 0 Å². The fourth-order valence-corrected chi connectivity index (χ4v) is 2.64. The van der Waals surface area contributed by atoms with E-state index >= 15 is 0 Å². The van der Waals surface area contributed by atoms with E-state index in [0.29, 0.717) is 12.0 Å². The fourth-order valence-electron chi connectivity index (χ4n) is 2.64. The molecule has 1 aromatic carbocycles. The molecule has 1 saturated heterocycles. The first-order valence-electron chi connectivity index (χ1n) is 7.12. The molecule has 1 fully saturated rings. The minimum Gasteiger partial charge on any atom is -0.381 e. The first-order chi connectivity index (χ1) is 8.50. The van der Waals surface area contributed by atoms with Gasteiger partial charge in [0, 0.05) is 23.8 Å². The molecule has 1 heterocycles. The Morgan fingerprint density at radius 3 is 2.50 bits per heavy atom. The van der Waals surface area contributed by atoms with Crippen molar-refractivity contribution >= 4 is 5.69 Å². The maximum Gasteiger partial charge on any atom is 0.0403 e. The van der Waals surface area contributed by atoms with Crippen molar-refractivity contribution in [2.45, 2.75) is 58.0 Å². The molecule has 0 spiro atoms. The van der Waals surface area contributed by atoms with Crippen LogP contribution in [0.2, 0.25) is 0 Å². The SMILES string of the molecule is CCC(C)c1ccc(NC2CNC(C)(C)C2)cc1. The van der Waals surface area contributed by atoms with Crippen molar-refractivity contribution in [2.75, 3.05) is 11.9 Å². The molecule has 2 atom stereocenters. The standard InChI is InChI=1S/C16H26N2/c1-5-12(2)13-6-8-14(9-7-13)18-15-10-16(3,4)17-11-15/h6-9,12,15,17-18H,5,10-11H2,1-4H3. The number of rotatable bonds is 4. The predicted molar refractivity (Wildman–Crippen MR) is 79.3 cm³/mol. The van der Waals surface area contributed by atoms with Crippen molar-refractivity contribution in [1.82, 2.24) is 5.32 Å². The largest absolute Gasteiger partial charge is 0.381 e. The summed E-state index contributed by atoms with van der Waals surface area (Å²) >= 11 is 0. The van der Waals surface area contributed by atoms with Crippen LogP contribution in [0.3, 0.4) is 0 Å². The Morgan fingerprint density at radius 2 is 2.00 bits per heavy atom. The number of anilines is 1. The average Bonchev–Trinajstić information content (AvgIpc) is 2.68. The molecule has 2 unspecified atom stereocenters. The third-order valence-electron chi connectivity index (χ3n) is 4.05. The quantitative estimate of drug-likeness (QED) is 0.845. The lowest BCUT2D eigenvalue weighted by atomic mass is 9.98. The number of hydrogen-bond acceptors (Lipinski definition) is 2. The topological polar surface area (TPSA) is 24.1 Å². The molecule has 1 aromatic rings. The summed E-state index contributed by atoms with van der Waals surface area (Å²) < 4.78 is 0. The molecule has 2 nitrogen and oxygen atoms in total. The summed E-state index contributed by atoms with van der Waals surface area (Å²) in [6, 6.07) is 9.49. The van der Waals surface area contributed by atoms with Gasteiger partial charge in [0.15, 0.2) is 0 Å². The molecule has 2 N–H and O–H groups in total. The van der Waals surface area contributed by atoms with Gasteiger partial charge in [0.2, 0.25) is 0 Å². The van der Waals surface area contributed by atoms with Crippen molar-refractivity contribution < 1.29 is 0 Å². The average molecular weight is 246 g/mol. The Hall–Kier alpha value is -1.02. The minimum atomic E-state index is 0.272. The summed E-state index contributed by atoms with van der Waals surface area (Å²) in [6.07, 6.45) is 2.38. The minimum absolute atomic E-state index is 0.272. The van der Waals surface area contributed by atoms with Crippen molar-refractivity contribution in [3.8, 4) is 0 Å². The molecule has 0 bridgehead atoms. The van der Waals surface area contributed by atoms with Crippen molar-refractivity contribution in [3.63, 3.8) is 0 Å². The Kier molecular flexibility index (Phi) is 3.96. The molecule has 1 aliphatic rings. The third-order valence-corrected chi connectivity index (χ3v) is 4.05. The summed E-state index contributed by atoms with van der Waals surface area (Å²) in [6.45, 7) is 10.1. The van der Waals surface area contributed by atoms with E-state index in [0.717, 1.165) is 6.54 Å². The fraction of sp³-hybridized carbons (Fsp3) is 0.625. The first kappa shape index (κ1) is 13.4. The maximum atomic E-state index is 3.62. The van der Waals surface area contributed by atoms with E-state index < -0.39 is 0 Å². The van der Waals surface area contributed by atoms with Gasteiger partial charge in [-0.25, -0.2) is 0 Å². The predicted octanol–water partition coefficient (Wildman–Crippen LogP) is 3.75. The van der Waals surface area contributed by atoms with Gasteiger partial charge in [-0.1, -0.05) is 26.0 Å². The van der Waals surface area contributed by atoms with E-state index in [2.05, 4.69) is 62.6 Å². The van der Waals surface area contributed by atoms with Crippen LogP contribution < -0.4 is 10.6 Å². The van der Waals surface area contributed by atoms with E-state index in [-0.39, 0.29) is 5.54 Å². The monoisotopic (exact) mass is 246 g/mol. The first-order valence-corrected chi connectivity index (χ1v) is 7.12. The lowest BCUT2D eigenvalue weighted by Gasteiger charge is -2.18. The summed E-state index contributed by atoms with van der Waals surface area (Å²) in [7, 11) is 0. The van der Waals surface area contributed by atoms with Gasteiger partial charge in [-0.15, -0.1) is 0 Å². The molecule has 0 aliphatic carbocycles. The Labute approximate surface area is 111 Å². The van der Waals surface area contributed by atoms with Crippen molar-refractivity contribution in [2.24, 2.45) is 0 Å². The van der Waals surface area contributed by atoms with Crippen LogP contribution in [0.15, 0.2) is 24.3 Å². The summed E-state index contributed by atoms with van der Waals surface area (Å²) in [5.74, 6) is 0.658. The highest BCUT2D eigenvalue weighted by Crippen LogP contribution is 2.24. The van der Waals surface area contributed by atoms with Gasteiger partial charge in [0.05, 0.1) is 0 Å². The molecule has 2 rings (SSSR count). The van der Waals surface area contributed by atoms with E-state index in [4.69, 9.17) is 0 Å². The number of nitrogens with one attached hydrogen (secondary N) is 2. The zero-order valence-electron chi connectivity index (χ0n) is 12.1. The van der Waals surface area contributed by atoms with Crippen molar-refractivity contribution in [1.29, 1.82) is 0 Å². The van der Waals surface area contributed by atoms with Crippen LogP contribution in [-0.2, 0) is 0 Å². The number of hydrogen-bond donors (Lipinski definition) is 2. The summed E-state index contributed by atoms with van der Waals surface area (Å²) in [5, 5.41) is 7.16. The molecule has 0 saturated carbocycles. The smallest absolute Gasteiger partial charge is 0.0403 e. The number of benzene rings is 1. The zero-order chi connectivity index (χ0) is 13.2. The maximum absolute atomic E-state index is 3.62. The van der Waals surface area contributed by atoms with Crippen LogP contribution in [-0.4, -0.2) is 18.1 Å². The molecule has 1 aliphatic heterocycles. The zero-order valence-corrected chi connectivity index (χ0v) is 12.1. The van der Waals surface area contributed by atoms with Gasteiger partial charge in [0.1, 0.15) is 0 Å². The third kappa shape index (κ3) is 3.26.